The van der Waals surface area contributed by atoms with Crippen LogP contribution in [0.2, 0.25) is 5.02 Å². The molecule has 2 aliphatic heterocycles. The number of phenolic OH excluding ortho intramolecular Hbond substituents is 1. The van der Waals surface area contributed by atoms with Crippen molar-refractivity contribution in [1.29, 1.82) is 0 Å². The predicted octanol–water partition coefficient (Wildman–Crippen LogP) is 5.13. The summed E-state index contributed by atoms with van der Waals surface area (Å²) in [6, 6.07) is 5.73. The van der Waals surface area contributed by atoms with Gasteiger partial charge >= 0.3 is 5.97 Å². The fourth-order valence-corrected chi connectivity index (χ4v) is 8.44. The molecule has 3 aromatic rings. The molecule has 1 saturated heterocycles. The summed E-state index contributed by atoms with van der Waals surface area (Å²) in [5.41, 5.74) is 5.83. The van der Waals surface area contributed by atoms with Gasteiger partial charge in [-0.2, -0.15) is 0 Å². The number of pyridine rings is 1. The molecule has 2 N–H and O–H groups in total. The summed E-state index contributed by atoms with van der Waals surface area (Å²) in [7, 11) is 2.18. The summed E-state index contributed by atoms with van der Waals surface area (Å²) < 4.78 is 14.1. The molecule has 7 nitrogen and oxygen atoms in total. The minimum absolute atomic E-state index is 0.0995. The van der Waals surface area contributed by atoms with Crippen molar-refractivity contribution in [3.8, 4) is 11.5 Å². The van der Waals surface area contributed by atoms with Crippen molar-refractivity contribution >= 4 is 23.1 Å². The van der Waals surface area contributed by atoms with Crippen molar-refractivity contribution in [2.24, 2.45) is 5.92 Å². The van der Waals surface area contributed by atoms with E-state index in [-0.39, 0.29) is 41.1 Å². The van der Waals surface area contributed by atoms with Crippen LogP contribution in [0.25, 0.3) is 5.52 Å². The van der Waals surface area contributed by atoms with Gasteiger partial charge in [0.05, 0.1) is 22.2 Å². The number of rotatable bonds is 4. The summed E-state index contributed by atoms with van der Waals surface area (Å²) in [4.78, 5) is 15.6. The molecule has 210 valence electrons. The standard InChI is InChI=1S/C32H35ClN2O5/c1-15(2)39-31(38)19-12-24-22(33)8-10-35(24)28(17(19)4)16(3)18-14-26(37)29-27-20(18)13-23-21-6-7-25(36)30(40-29)32(21,27)9-11-34(23)5/h6-8,10,12,14-16,21,23,25,30,36-37H,9,11,13H2,1-5H3/t16?,21-,23+,25-,30-,32-/m0/s1. The lowest BCUT2D eigenvalue weighted by molar-refractivity contribution is -0.0454. The van der Waals surface area contributed by atoms with E-state index in [2.05, 4.69) is 29.3 Å². The van der Waals surface area contributed by atoms with Gasteiger partial charge in [0.15, 0.2) is 11.5 Å². The Labute approximate surface area is 239 Å². The number of aliphatic hydroxyl groups is 1. The quantitative estimate of drug-likeness (QED) is 0.339. The average Bonchev–Trinajstić information content (AvgIpc) is 3.45. The van der Waals surface area contributed by atoms with Crippen LogP contribution in [0.3, 0.4) is 0 Å². The molecule has 6 atom stereocenters. The van der Waals surface area contributed by atoms with E-state index in [1.807, 2.05) is 45.2 Å². The zero-order chi connectivity index (χ0) is 28.2. The number of carbonyl (C=O) groups excluding carboxylic acids is 1. The lowest BCUT2D eigenvalue weighted by Crippen LogP contribution is -2.64. The highest BCUT2D eigenvalue weighted by Crippen LogP contribution is 2.63. The number of phenols is 1. The van der Waals surface area contributed by atoms with Crippen LogP contribution in [0, 0.1) is 12.8 Å². The number of aromatic hydroxyl groups is 1. The number of piperidine rings is 1. The van der Waals surface area contributed by atoms with E-state index in [9.17, 15) is 15.0 Å². The minimum atomic E-state index is -0.730. The van der Waals surface area contributed by atoms with Crippen molar-refractivity contribution in [1.82, 2.24) is 9.30 Å². The lowest BCUT2D eigenvalue weighted by Gasteiger charge is -2.56. The number of fused-ring (bicyclic) bond motifs is 1. The molecule has 4 heterocycles. The molecule has 40 heavy (non-hydrogen) atoms. The van der Waals surface area contributed by atoms with E-state index in [1.165, 1.54) is 5.56 Å². The summed E-state index contributed by atoms with van der Waals surface area (Å²) >= 11 is 6.60. The fraction of sp³-hybridized carbons (Fsp3) is 0.469. The van der Waals surface area contributed by atoms with Crippen LogP contribution in [0.15, 0.2) is 36.5 Å². The molecular weight excluding hydrogens is 528 g/mol. The fourth-order valence-electron chi connectivity index (χ4n) is 8.24. The summed E-state index contributed by atoms with van der Waals surface area (Å²) in [5, 5.41) is 23.0. The van der Waals surface area contributed by atoms with Crippen molar-refractivity contribution in [2.45, 2.75) is 76.2 Å². The Hall–Kier alpha value is -3.00. The van der Waals surface area contributed by atoms with Crippen LogP contribution in [-0.4, -0.2) is 63.4 Å². The number of esters is 1. The van der Waals surface area contributed by atoms with E-state index < -0.39 is 12.2 Å². The maximum absolute atomic E-state index is 13.2. The van der Waals surface area contributed by atoms with Gasteiger partial charge in [-0.3, -0.25) is 0 Å². The number of likely N-dealkylation sites (tertiary alicyclic amines) is 1. The Bertz CT molecular complexity index is 1610. The molecule has 1 aromatic carbocycles. The van der Waals surface area contributed by atoms with Crippen molar-refractivity contribution in [3.05, 3.63) is 75.1 Å². The SMILES string of the molecule is Cc1c(C(=O)OC(C)C)cc2c(Cl)ccn2c1C(C)c1cc(O)c2c3c1C[C@@H]1[C@@H]4C=C[C@H](O)[C@H](O2)[C@]34CCN1C. The predicted molar refractivity (Wildman–Crippen MR) is 153 cm³/mol. The Morgan fingerprint density at radius 3 is 2.77 bits per heavy atom. The molecule has 2 aromatic heterocycles. The van der Waals surface area contributed by atoms with Gasteiger partial charge in [0, 0.05) is 40.7 Å². The van der Waals surface area contributed by atoms with Gasteiger partial charge in [-0.25, -0.2) is 4.79 Å². The van der Waals surface area contributed by atoms with E-state index in [1.54, 1.807) is 6.07 Å². The largest absolute Gasteiger partial charge is 0.504 e. The summed E-state index contributed by atoms with van der Waals surface area (Å²) in [5.74, 6) is 0.251. The second kappa shape index (κ2) is 8.75. The summed E-state index contributed by atoms with van der Waals surface area (Å²) in [6.45, 7) is 8.66. The number of hydrogen-bond donors (Lipinski definition) is 2. The number of likely N-dealkylation sites (N-methyl/N-ethyl adjacent to an activating group) is 1. The summed E-state index contributed by atoms with van der Waals surface area (Å²) in [6.07, 6.45) is 6.24. The van der Waals surface area contributed by atoms with Crippen LogP contribution in [0.5, 0.6) is 11.5 Å². The third kappa shape index (κ3) is 3.28. The highest BCUT2D eigenvalue weighted by molar-refractivity contribution is 6.34. The van der Waals surface area contributed by atoms with E-state index >= 15 is 0 Å². The van der Waals surface area contributed by atoms with E-state index in [4.69, 9.17) is 21.1 Å². The first kappa shape index (κ1) is 25.9. The number of hydrogen-bond acceptors (Lipinski definition) is 6. The van der Waals surface area contributed by atoms with Gasteiger partial charge < -0.3 is 29.0 Å². The Balaban J connectivity index is 1.46. The second-order valence-electron chi connectivity index (χ2n) is 12.3. The number of ether oxygens (including phenoxy) is 2. The molecule has 0 radical (unpaired) electrons. The molecule has 4 aliphatic rings. The van der Waals surface area contributed by atoms with Gasteiger partial charge in [-0.05, 0) is 82.1 Å². The zero-order valence-corrected chi connectivity index (χ0v) is 24.2. The first-order chi connectivity index (χ1) is 19.0. The highest BCUT2D eigenvalue weighted by atomic mass is 35.5. The smallest absolute Gasteiger partial charge is 0.338 e. The van der Waals surface area contributed by atoms with E-state index in [0.717, 1.165) is 47.3 Å². The van der Waals surface area contributed by atoms with Crippen molar-refractivity contribution < 1.29 is 24.5 Å². The molecule has 1 spiro atoms. The topological polar surface area (TPSA) is 83.6 Å². The normalized spacial score (nSPS) is 29.0. The van der Waals surface area contributed by atoms with E-state index in [0.29, 0.717) is 16.3 Å². The van der Waals surface area contributed by atoms with Crippen molar-refractivity contribution in [3.63, 3.8) is 0 Å². The molecule has 0 saturated carbocycles. The monoisotopic (exact) mass is 562 g/mol. The number of aromatic nitrogens is 1. The molecule has 1 fully saturated rings. The molecule has 7 rings (SSSR count). The van der Waals surface area contributed by atoms with Crippen LogP contribution < -0.4 is 4.74 Å². The van der Waals surface area contributed by atoms with Crippen molar-refractivity contribution in [2.75, 3.05) is 13.6 Å². The van der Waals surface area contributed by atoms with Gasteiger partial charge in [-0.1, -0.05) is 30.7 Å². The zero-order valence-electron chi connectivity index (χ0n) is 23.4. The molecular formula is C32H35ClN2O5. The minimum Gasteiger partial charge on any atom is -0.504 e. The average molecular weight is 563 g/mol. The Kier molecular flexibility index (Phi) is 5.67. The molecule has 1 unspecified atom stereocenters. The van der Waals surface area contributed by atoms with Gasteiger partial charge in [0.1, 0.15) is 12.2 Å². The van der Waals surface area contributed by atoms with Gasteiger partial charge in [0.2, 0.25) is 0 Å². The first-order valence-corrected chi connectivity index (χ1v) is 14.6. The second-order valence-corrected chi connectivity index (χ2v) is 12.7. The maximum Gasteiger partial charge on any atom is 0.338 e. The maximum atomic E-state index is 13.2. The number of halogens is 1. The number of benzene rings is 1. The molecule has 2 aliphatic carbocycles. The number of carbonyl (C=O) groups is 1. The Morgan fingerprint density at radius 2 is 2.02 bits per heavy atom. The van der Waals surface area contributed by atoms with Gasteiger partial charge in [0.25, 0.3) is 0 Å². The molecule has 8 heteroatoms. The third-order valence-electron chi connectivity index (χ3n) is 9.96. The number of nitrogens with zero attached hydrogens (tertiary/aromatic N) is 2. The number of aliphatic hydroxyl groups excluding tert-OH is 1. The highest BCUT2D eigenvalue weighted by Gasteiger charge is 2.64. The molecule has 0 amide bonds. The van der Waals surface area contributed by atoms with Crippen LogP contribution in [0.1, 0.15) is 71.4 Å². The van der Waals surface area contributed by atoms with Crippen LogP contribution in [0.4, 0.5) is 0 Å². The van der Waals surface area contributed by atoms with Crippen LogP contribution in [-0.2, 0) is 16.6 Å². The Morgan fingerprint density at radius 1 is 1.25 bits per heavy atom. The first-order valence-electron chi connectivity index (χ1n) is 14.2. The lowest BCUT2D eigenvalue weighted by atomic mass is 9.52. The third-order valence-corrected chi connectivity index (χ3v) is 10.3. The molecule has 2 bridgehead atoms. The van der Waals surface area contributed by atoms with Gasteiger partial charge in [-0.15, -0.1) is 0 Å². The van der Waals surface area contributed by atoms with Crippen LogP contribution >= 0.6 is 11.6 Å².